The molecule has 0 spiro atoms. The number of methoxy groups -OCH3 is 1. The Kier molecular flexibility index (Phi) is 6.73. The first-order valence-corrected chi connectivity index (χ1v) is 9.74. The normalized spacial score (nSPS) is 16.9. The Morgan fingerprint density at radius 2 is 2.00 bits per heavy atom. The van der Waals surface area contributed by atoms with Gasteiger partial charge in [-0.3, -0.25) is 9.69 Å². The number of aromatic hydroxyl groups is 1. The molecule has 1 saturated heterocycles. The maximum atomic E-state index is 12.9. The summed E-state index contributed by atoms with van der Waals surface area (Å²) in [6.07, 6.45) is 1.78. The SMILES string of the molecule is CCOc1cc(/C=C2\S/C(=N\c3ccccc3)N(CCOC)C2=O)ccc1O. The number of phenols is 1. The summed E-state index contributed by atoms with van der Waals surface area (Å²) in [4.78, 5) is 19.7. The van der Waals surface area contributed by atoms with E-state index in [1.54, 1.807) is 36.3 Å². The zero-order valence-corrected chi connectivity index (χ0v) is 16.6. The number of amidine groups is 1. The number of aliphatic imine (C=N–C) groups is 1. The number of carbonyl (C=O) groups is 1. The molecule has 1 aliphatic heterocycles. The van der Waals surface area contributed by atoms with E-state index in [0.29, 0.717) is 35.6 Å². The zero-order valence-electron chi connectivity index (χ0n) is 15.8. The van der Waals surface area contributed by atoms with Crippen LogP contribution in [-0.2, 0) is 9.53 Å². The van der Waals surface area contributed by atoms with Crippen molar-refractivity contribution < 1.29 is 19.4 Å². The molecule has 2 aromatic rings. The lowest BCUT2D eigenvalue weighted by Crippen LogP contribution is -2.32. The van der Waals surface area contributed by atoms with Crippen molar-refractivity contribution in [2.24, 2.45) is 4.99 Å². The number of thioether (sulfide) groups is 1. The molecule has 146 valence electrons. The minimum Gasteiger partial charge on any atom is -0.504 e. The average molecular weight is 398 g/mol. The summed E-state index contributed by atoms with van der Waals surface area (Å²) in [7, 11) is 1.60. The van der Waals surface area contributed by atoms with E-state index in [0.717, 1.165) is 11.3 Å². The predicted octanol–water partition coefficient (Wildman–Crippen LogP) is 4.04. The first-order chi connectivity index (χ1) is 13.6. The summed E-state index contributed by atoms with van der Waals surface area (Å²) >= 11 is 1.32. The number of hydrogen-bond donors (Lipinski definition) is 1. The number of amides is 1. The Bertz CT molecular complexity index is 897. The fourth-order valence-corrected chi connectivity index (χ4v) is 3.65. The first kappa shape index (κ1) is 20.0. The van der Waals surface area contributed by atoms with Crippen LogP contribution in [-0.4, -0.2) is 47.9 Å². The van der Waals surface area contributed by atoms with Gasteiger partial charge in [-0.2, -0.15) is 0 Å². The lowest BCUT2D eigenvalue weighted by atomic mass is 10.2. The molecule has 1 amide bonds. The van der Waals surface area contributed by atoms with Crippen molar-refractivity contribution in [2.45, 2.75) is 6.92 Å². The van der Waals surface area contributed by atoms with Crippen molar-refractivity contribution in [3.8, 4) is 11.5 Å². The van der Waals surface area contributed by atoms with Crippen LogP contribution in [0.2, 0.25) is 0 Å². The molecule has 7 heteroatoms. The van der Waals surface area contributed by atoms with Crippen LogP contribution in [0.3, 0.4) is 0 Å². The number of phenolic OH excluding ortho intramolecular Hbond substituents is 1. The largest absolute Gasteiger partial charge is 0.504 e. The number of carbonyl (C=O) groups excluding carboxylic acids is 1. The molecule has 0 unspecified atom stereocenters. The van der Waals surface area contributed by atoms with Gasteiger partial charge in [0.15, 0.2) is 16.7 Å². The highest BCUT2D eigenvalue weighted by Crippen LogP contribution is 2.35. The summed E-state index contributed by atoms with van der Waals surface area (Å²) in [5, 5.41) is 10.5. The van der Waals surface area contributed by atoms with Crippen molar-refractivity contribution in [1.29, 1.82) is 0 Å². The highest BCUT2D eigenvalue weighted by molar-refractivity contribution is 8.18. The summed E-state index contributed by atoms with van der Waals surface area (Å²) in [6, 6.07) is 14.5. The van der Waals surface area contributed by atoms with Gasteiger partial charge in [-0.1, -0.05) is 24.3 Å². The minimum atomic E-state index is -0.122. The molecule has 1 aliphatic rings. The molecule has 0 saturated carbocycles. The van der Waals surface area contributed by atoms with Crippen molar-refractivity contribution >= 4 is 34.6 Å². The van der Waals surface area contributed by atoms with E-state index in [4.69, 9.17) is 9.47 Å². The van der Waals surface area contributed by atoms with Crippen molar-refractivity contribution in [2.75, 3.05) is 26.9 Å². The van der Waals surface area contributed by atoms with Gasteiger partial charge in [0, 0.05) is 7.11 Å². The lowest BCUT2D eigenvalue weighted by molar-refractivity contribution is -0.122. The Morgan fingerprint density at radius 3 is 2.71 bits per heavy atom. The van der Waals surface area contributed by atoms with E-state index >= 15 is 0 Å². The van der Waals surface area contributed by atoms with Crippen molar-refractivity contribution in [3.63, 3.8) is 0 Å². The third-order valence-electron chi connectivity index (χ3n) is 3.97. The fourth-order valence-electron chi connectivity index (χ4n) is 2.63. The predicted molar refractivity (Wildman–Crippen MR) is 112 cm³/mol. The van der Waals surface area contributed by atoms with Crippen LogP contribution >= 0.6 is 11.8 Å². The number of rotatable bonds is 7. The number of hydrogen-bond acceptors (Lipinski definition) is 6. The summed E-state index contributed by atoms with van der Waals surface area (Å²) in [6.45, 7) is 3.13. The van der Waals surface area contributed by atoms with Crippen LogP contribution in [0, 0.1) is 0 Å². The van der Waals surface area contributed by atoms with Crippen LogP contribution in [0.1, 0.15) is 12.5 Å². The van der Waals surface area contributed by atoms with Crippen LogP contribution in [0.4, 0.5) is 5.69 Å². The molecule has 3 rings (SSSR count). The molecule has 0 aromatic heterocycles. The zero-order chi connectivity index (χ0) is 19.9. The second kappa shape index (κ2) is 9.43. The standard InChI is InChI=1S/C21H22N2O4S/c1-3-27-18-13-15(9-10-17(18)24)14-19-20(25)23(11-12-26-2)21(28-19)22-16-7-5-4-6-8-16/h4-10,13-14,24H,3,11-12H2,1-2H3/b19-14-,22-21-. The van der Waals surface area contributed by atoms with Crippen LogP contribution in [0.25, 0.3) is 6.08 Å². The van der Waals surface area contributed by atoms with Gasteiger partial charge in [-0.05, 0) is 54.6 Å². The van der Waals surface area contributed by atoms with Crippen molar-refractivity contribution in [3.05, 3.63) is 59.0 Å². The molecule has 0 radical (unpaired) electrons. The molecular formula is C21H22N2O4S. The summed E-state index contributed by atoms with van der Waals surface area (Å²) in [5.41, 5.74) is 1.55. The monoisotopic (exact) mass is 398 g/mol. The van der Waals surface area contributed by atoms with Gasteiger partial charge in [-0.15, -0.1) is 0 Å². The molecule has 0 bridgehead atoms. The van der Waals surface area contributed by atoms with Crippen LogP contribution in [0.15, 0.2) is 58.4 Å². The smallest absolute Gasteiger partial charge is 0.266 e. The van der Waals surface area contributed by atoms with Gasteiger partial charge in [0.05, 0.1) is 30.4 Å². The number of ether oxygens (including phenoxy) is 2. The van der Waals surface area contributed by atoms with Gasteiger partial charge in [0.2, 0.25) is 0 Å². The lowest BCUT2D eigenvalue weighted by Gasteiger charge is -2.14. The van der Waals surface area contributed by atoms with Gasteiger partial charge in [0.25, 0.3) is 5.91 Å². The highest BCUT2D eigenvalue weighted by atomic mass is 32.2. The summed E-state index contributed by atoms with van der Waals surface area (Å²) in [5.74, 6) is 0.340. The Balaban J connectivity index is 1.92. The van der Waals surface area contributed by atoms with E-state index < -0.39 is 0 Å². The van der Waals surface area contributed by atoms with E-state index in [1.807, 2.05) is 37.3 Å². The van der Waals surface area contributed by atoms with Gasteiger partial charge in [0.1, 0.15) is 0 Å². The van der Waals surface area contributed by atoms with Crippen LogP contribution in [0.5, 0.6) is 11.5 Å². The number of para-hydroxylation sites is 1. The number of nitrogens with zero attached hydrogens (tertiary/aromatic N) is 2. The molecule has 0 atom stereocenters. The van der Waals surface area contributed by atoms with Crippen LogP contribution < -0.4 is 4.74 Å². The highest BCUT2D eigenvalue weighted by Gasteiger charge is 2.33. The molecule has 1 heterocycles. The van der Waals surface area contributed by atoms with Gasteiger partial charge in [-0.25, -0.2) is 4.99 Å². The molecule has 1 N–H and O–H groups in total. The Hall–Kier alpha value is -2.77. The average Bonchev–Trinajstić information content (AvgIpc) is 2.98. The second-order valence-corrected chi connectivity index (χ2v) is 6.96. The molecule has 2 aromatic carbocycles. The van der Waals surface area contributed by atoms with E-state index in [-0.39, 0.29) is 11.7 Å². The Morgan fingerprint density at radius 1 is 1.21 bits per heavy atom. The first-order valence-electron chi connectivity index (χ1n) is 8.92. The Labute approximate surface area is 168 Å². The summed E-state index contributed by atoms with van der Waals surface area (Å²) < 4.78 is 10.6. The number of benzene rings is 2. The third kappa shape index (κ3) is 4.74. The van der Waals surface area contributed by atoms with E-state index in [2.05, 4.69) is 4.99 Å². The molecule has 0 aliphatic carbocycles. The van der Waals surface area contributed by atoms with Gasteiger partial charge < -0.3 is 14.6 Å². The van der Waals surface area contributed by atoms with E-state index in [1.165, 1.54) is 11.8 Å². The minimum absolute atomic E-state index is 0.0717. The maximum absolute atomic E-state index is 12.9. The molecule has 28 heavy (non-hydrogen) atoms. The maximum Gasteiger partial charge on any atom is 0.266 e. The molecule has 1 fully saturated rings. The quantitative estimate of drug-likeness (QED) is 0.713. The topological polar surface area (TPSA) is 71.4 Å². The third-order valence-corrected chi connectivity index (χ3v) is 4.98. The molecule has 6 nitrogen and oxygen atoms in total. The fraction of sp³-hybridized carbons (Fsp3) is 0.238. The van der Waals surface area contributed by atoms with E-state index in [9.17, 15) is 9.90 Å². The second-order valence-electron chi connectivity index (χ2n) is 5.95. The van der Waals surface area contributed by atoms with Crippen molar-refractivity contribution in [1.82, 2.24) is 4.90 Å². The molecular weight excluding hydrogens is 376 g/mol. The van der Waals surface area contributed by atoms with Gasteiger partial charge >= 0.3 is 0 Å².